The summed E-state index contributed by atoms with van der Waals surface area (Å²) in [5.41, 5.74) is 15.1. The predicted octanol–water partition coefficient (Wildman–Crippen LogP) is -0.779. The van der Waals surface area contributed by atoms with Gasteiger partial charge in [-0.2, -0.15) is 0 Å². The van der Waals surface area contributed by atoms with Crippen LogP contribution in [0.15, 0.2) is 34.5 Å². The molecule has 6 heterocycles. The van der Waals surface area contributed by atoms with Crippen LogP contribution < -0.4 is 44.4 Å². The molecular formula is C32H46F2N12O14P2S. The van der Waals surface area contributed by atoms with Crippen molar-refractivity contribution in [3.63, 3.8) is 0 Å². The number of halogens is 2. The smallest absolute Gasteiger partial charge is 0.382 e. The molecule has 31 heteroatoms. The van der Waals surface area contributed by atoms with Gasteiger partial charge >= 0.3 is 26.3 Å². The lowest BCUT2D eigenvalue weighted by molar-refractivity contribution is -0.130. The van der Waals surface area contributed by atoms with Crippen LogP contribution in [0.2, 0.25) is 0 Å². The third-order valence-electron chi connectivity index (χ3n) is 9.90. The maximum Gasteiger partial charge on any atom is 0.472 e. The van der Waals surface area contributed by atoms with Gasteiger partial charge in [0.1, 0.15) is 42.3 Å². The van der Waals surface area contributed by atoms with E-state index in [9.17, 15) is 38.0 Å². The highest BCUT2D eigenvalue weighted by molar-refractivity contribution is 8.55. The average molecular weight is 955 g/mol. The standard InChI is InChI=1S/C32H46F2N12O14P2S/c1-14(2)21(35)28(49)43-15(4-3-6-39-31(37)50)27(48)38-7-9-63-62(54)56-11-17-23(19(33)30(58-17)46-13-42-22-25(36)40-12-41-26(22)46)59-61(52,53)55-10-16-24(60-62)20(34)29(57-16)45-8-5-18(47)44-32(45)51/h5,8,12-17,19-21,23-24,29-30H,3-4,6-7,9-11,35H2,1-2H3,(H,38,48)(H,43,49)(H,52,53)(H2,36,40,41)(H3,37,39,50)(H,44,47,51)/t15?,16-,17-,19-,20-,21?,23-,24-,29-,30-,62?/m1/s1. The summed E-state index contributed by atoms with van der Waals surface area (Å²) < 4.78 is 96.1. The number of rotatable bonds is 14. The summed E-state index contributed by atoms with van der Waals surface area (Å²) in [7, 11) is -5.28. The quantitative estimate of drug-likeness (QED) is 0.0726. The fourth-order valence-electron chi connectivity index (χ4n) is 6.62. The summed E-state index contributed by atoms with van der Waals surface area (Å²) in [5, 5.41) is 7.55. The van der Waals surface area contributed by atoms with Crippen LogP contribution >= 0.6 is 26.0 Å². The molecule has 26 nitrogen and oxygen atoms in total. The Kier molecular flexibility index (Phi) is 15.4. The van der Waals surface area contributed by atoms with Crippen molar-refractivity contribution >= 4 is 60.8 Å². The second-order valence-electron chi connectivity index (χ2n) is 14.7. The summed E-state index contributed by atoms with van der Waals surface area (Å²) in [5.74, 6) is -1.90. The number of nitrogen functional groups attached to an aromatic ring is 1. The number of ether oxygens (including phenoxy) is 2. The molecule has 3 aliphatic heterocycles. The maximum absolute atomic E-state index is 16.4. The van der Waals surface area contributed by atoms with E-state index in [1.807, 2.05) is 4.98 Å². The van der Waals surface area contributed by atoms with Crippen LogP contribution in [-0.4, -0.2) is 133 Å². The molecule has 3 fully saturated rings. The Morgan fingerprint density at radius 3 is 2.32 bits per heavy atom. The first-order chi connectivity index (χ1) is 29.8. The second kappa shape index (κ2) is 20.2. The summed E-state index contributed by atoms with van der Waals surface area (Å²) in [6, 6.07) is -1.99. The first kappa shape index (κ1) is 48.1. The number of carbonyl (C=O) groups is 3. The molecule has 0 aliphatic carbocycles. The molecule has 3 aliphatic rings. The molecule has 0 radical (unpaired) electrons. The normalized spacial score (nSPS) is 31.0. The van der Waals surface area contributed by atoms with Crippen molar-refractivity contribution in [1.29, 1.82) is 0 Å². The zero-order chi connectivity index (χ0) is 45.8. The molecule has 12 atom stereocenters. The number of aromatic nitrogens is 6. The van der Waals surface area contributed by atoms with Crippen molar-refractivity contribution in [2.24, 2.45) is 17.4 Å². The molecule has 3 aromatic rings. The molecule has 348 valence electrons. The maximum atomic E-state index is 16.4. The number of nitrogens with zero attached hydrogens (tertiary/aromatic N) is 5. The van der Waals surface area contributed by atoms with Gasteiger partial charge in [-0.05, 0) is 30.1 Å². The van der Waals surface area contributed by atoms with Crippen molar-refractivity contribution in [3.8, 4) is 0 Å². The van der Waals surface area contributed by atoms with Gasteiger partial charge in [-0.1, -0.05) is 13.8 Å². The van der Waals surface area contributed by atoms with E-state index in [0.717, 1.165) is 29.5 Å². The van der Waals surface area contributed by atoms with E-state index in [-0.39, 0.29) is 54.6 Å². The minimum atomic E-state index is -5.28. The zero-order valence-corrected chi connectivity index (χ0v) is 36.0. The Bertz CT molecular complexity index is 2360. The number of alkyl halides is 2. The number of phosphoric ester groups is 1. The van der Waals surface area contributed by atoms with Gasteiger partial charge in [-0.25, -0.2) is 42.5 Å². The summed E-state index contributed by atoms with van der Waals surface area (Å²) in [6.45, 7) is -3.40. The fraction of sp³-hybridized carbons (Fsp3) is 0.625. The third-order valence-corrected chi connectivity index (χ3v) is 14.6. The number of aromatic amines is 1. The van der Waals surface area contributed by atoms with Crippen molar-refractivity contribution in [2.75, 3.05) is 37.8 Å². The van der Waals surface area contributed by atoms with E-state index in [4.69, 9.17) is 44.8 Å². The number of fused-ring (bicyclic) bond motifs is 3. The summed E-state index contributed by atoms with van der Waals surface area (Å²) >= 11 is 0.450. The van der Waals surface area contributed by atoms with Gasteiger partial charge in [-0.3, -0.25) is 46.6 Å². The highest BCUT2D eigenvalue weighted by Crippen LogP contribution is 2.64. The van der Waals surface area contributed by atoms with Crippen LogP contribution in [0.5, 0.6) is 0 Å². The van der Waals surface area contributed by atoms with Crippen LogP contribution in [0.25, 0.3) is 11.2 Å². The Morgan fingerprint density at radius 2 is 1.65 bits per heavy atom. The van der Waals surface area contributed by atoms with Gasteiger partial charge in [0.05, 0.1) is 25.6 Å². The monoisotopic (exact) mass is 954 g/mol. The minimum Gasteiger partial charge on any atom is -0.382 e. The molecule has 3 saturated heterocycles. The van der Waals surface area contributed by atoms with E-state index in [1.165, 1.54) is 0 Å². The van der Waals surface area contributed by atoms with Crippen LogP contribution in [0.4, 0.5) is 19.4 Å². The second-order valence-corrected chi connectivity index (χ2v) is 20.2. The van der Waals surface area contributed by atoms with Gasteiger partial charge in [0, 0.05) is 31.1 Å². The zero-order valence-electron chi connectivity index (χ0n) is 33.4. The molecule has 6 rings (SSSR count). The molecule has 4 unspecified atom stereocenters. The summed E-state index contributed by atoms with van der Waals surface area (Å²) in [4.78, 5) is 86.3. The number of phosphoric acid groups is 1. The lowest BCUT2D eigenvalue weighted by Crippen LogP contribution is -2.53. The van der Waals surface area contributed by atoms with Crippen molar-refractivity contribution in [3.05, 3.63) is 45.8 Å². The number of amides is 4. The van der Waals surface area contributed by atoms with Crippen LogP contribution in [-0.2, 0) is 46.3 Å². The Morgan fingerprint density at radius 1 is 0.984 bits per heavy atom. The number of nitrogens with one attached hydrogen (secondary N) is 4. The summed E-state index contributed by atoms with van der Waals surface area (Å²) in [6.07, 6.45) is -12.1. The Balaban J connectivity index is 1.24. The lowest BCUT2D eigenvalue weighted by Gasteiger charge is -2.29. The number of urea groups is 1. The fourth-order valence-corrected chi connectivity index (χ4v) is 10.9. The molecule has 11 N–H and O–H groups in total. The van der Waals surface area contributed by atoms with E-state index >= 15 is 8.78 Å². The largest absolute Gasteiger partial charge is 0.472 e. The van der Waals surface area contributed by atoms with Gasteiger partial charge in [0.2, 0.25) is 11.8 Å². The van der Waals surface area contributed by atoms with E-state index in [2.05, 4.69) is 30.9 Å². The highest BCUT2D eigenvalue weighted by Gasteiger charge is 2.55. The van der Waals surface area contributed by atoms with Crippen molar-refractivity contribution < 1.29 is 64.8 Å². The van der Waals surface area contributed by atoms with Gasteiger partial charge in [0.15, 0.2) is 36.3 Å². The van der Waals surface area contributed by atoms with Gasteiger partial charge in [-0.15, -0.1) is 0 Å². The number of nitrogens with two attached hydrogens (primary N) is 3. The van der Waals surface area contributed by atoms with Crippen LogP contribution in [0.1, 0.15) is 39.1 Å². The number of hydrogen-bond donors (Lipinski definition) is 8. The minimum absolute atomic E-state index is 0.0189. The van der Waals surface area contributed by atoms with Gasteiger partial charge < -0.3 is 47.5 Å². The van der Waals surface area contributed by atoms with Gasteiger partial charge in [0.25, 0.3) is 5.56 Å². The number of hydrogen-bond acceptors (Lipinski definition) is 19. The molecule has 0 bridgehead atoms. The number of carbonyl (C=O) groups excluding carboxylic acids is 3. The number of H-pyrrole nitrogens is 1. The van der Waals surface area contributed by atoms with E-state index < -0.39 is 118 Å². The molecular weight excluding hydrogens is 908 g/mol. The Hall–Kier alpha value is -4.41. The van der Waals surface area contributed by atoms with Crippen molar-refractivity contribution in [1.82, 2.24) is 45.0 Å². The number of anilines is 1. The van der Waals surface area contributed by atoms with E-state index in [1.54, 1.807) is 13.8 Å². The molecule has 3 aromatic heterocycles. The highest BCUT2D eigenvalue weighted by atomic mass is 32.7. The average Bonchev–Trinajstić information content (AvgIpc) is 3.88. The molecule has 0 aromatic carbocycles. The Labute approximate surface area is 358 Å². The SMILES string of the molecule is CC(C)C(N)C(=O)NC(CCCNC(N)=O)C(=O)NCCSP1(=O)OC[C@H]2O[C@@H](n3cnc4c(N)ncnc43)[C@H](F)[C@@H]2OP(=O)(O)OC[C@H]2O[C@@H](n3ccc(=O)[nH]c3=O)[C@H](F)[C@@H]2O1. The first-order valence-corrected chi connectivity index (χ1v) is 23.8. The van der Waals surface area contributed by atoms with Crippen LogP contribution in [0.3, 0.4) is 0 Å². The molecule has 4 amide bonds. The first-order valence-electron chi connectivity index (χ1n) is 19.2. The predicted molar refractivity (Wildman–Crippen MR) is 215 cm³/mol. The number of imidazole rings is 1. The lowest BCUT2D eigenvalue weighted by atomic mass is 10.0. The molecule has 0 spiro atoms. The molecule has 63 heavy (non-hydrogen) atoms. The molecule has 0 saturated carbocycles. The van der Waals surface area contributed by atoms with Crippen LogP contribution in [0, 0.1) is 5.92 Å². The van der Waals surface area contributed by atoms with E-state index in [0.29, 0.717) is 15.9 Å². The number of primary amides is 1. The third kappa shape index (κ3) is 11.5. The van der Waals surface area contributed by atoms with Crippen molar-refractivity contribution in [2.45, 2.75) is 88.0 Å². The topological polar surface area (TPSA) is 374 Å².